The minimum atomic E-state index is -0.130. The third kappa shape index (κ3) is 2.50. The summed E-state index contributed by atoms with van der Waals surface area (Å²) in [6.07, 6.45) is 1.83. The first-order valence-electron chi connectivity index (χ1n) is 5.78. The third-order valence-electron chi connectivity index (χ3n) is 2.88. The number of pyridine rings is 1. The van der Waals surface area contributed by atoms with Crippen LogP contribution in [0.25, 0.3) is 0 Å². The van der Waals surface area contributed by atoms with Crippen molar-refractivity contribution in [2.45, 2.75) is 13.0 Å². The highest BCUT2D eigenvalue weighted by Gasteiger charge is 2.16. The summed E-state index contributed by atoms with van der Waals surface area (Å²) in [6.45, 7) is 1.96. The highest BCUT2D eigenvalue weighted by Crippen LogP contribution is 2.28. The number of para-hydroxylation sites is 1. The number of aromatic nitrogens is 1. The molecule has 0 spiro atoms. The molecule has 1 aromatic heterocycles. The van der Waals surface area contributed by atoms with Gasteiger partial charge in [-0.1, -0.05) is 24.3 Å². The molecule has 0 aliphatic carbocycles. The van der Waals surface area contributed by atoms with E-state index in [4.69, 9.17) is 10.6 Å². The number of aryl methyl sites for hydroxylation is 1. The van der Waals surface area contributed by atoms with Crippen LogP contribution in [-0.4, -0.2) is 12.1 Å². The SMILES string of the molecule is COc1ccccc1C(NN)c1ccc(C)nc1. The zero-order valence-electron chi connectivity index (χ0n) is 10.6. The second-order valence-corrected chi connectivity index (χ2v) is 4.07. The Hall–Kier alpha value is -1.91. The lowest BCUT2D eigenvalue weighted by Crippen LogP contribution is -2.29. The van der Waals surface area contributed by atoms with Gasteiger partial charge in [-0.2, -0.15) is 0 Å². The smallest absolute Gasteiger partial charge is 0.124 e. The maximum atomic E-state index is 5.67. The molecule has 0 fully saturated rings. The number of nitrogens with two attached hydrogens (primary N) is 1. The third-order valence-corrected chi connectivity index (χ3v) is 2.88. The number of methoxy groups -OCH3 is 1. The van der Waals surface area contributed by atoms with Crippen molar-refractivity contribution < 1.29 is 4.74 Å². The van der Waals surface area contributed by atoms with Crippen LogP contribution in [0, 0.1) is 6.92 Å². The standard InChI is InChI=1S/C14H17N3O/c1-10-7-8-11(9-16-10)14(17-15)12-5-3-4-6-13(12)18-2/h3-9,14,17H,15H2,1-2H3. The predicted octanol–water partition coefficient (Wildman–Crippen LogP) is 1.95. The Morgan fingerprint density at radius 1 is 1.22 bits per heavy atom. The fourth-order valence-electron chi connectivity index (χ4n) is 1.92. The average Bonchev–Trinajstić information content (AvgIpc) is 2.42. The van der Waals surface area contributed by atoms with Crippen molar-refractivity contribution in [3.63, 3.8) is 0 Å². The number of ether oxygens (including phenoxy) is 1. The van der Waals surface area contributed by atoms with Gasteiger partial charge in [-0.15, -0.1) is 0 Å². The molecule has 0 saturated heterocycles. The zero-order valence-corrected chi connectivity index (χ0v) is 10.6. The Morgan fingerprint density at radius 3 is 2.61 bits per heavy atom. The fraction of sp³-hybridized carbons (Fsp3) is 0.214. The van der Waals surface area contributed by atoms with Crippen LogP contribution in [0.3, 0.4) is 0 Å². The van der Waals surface area contributed by atoms with Crippen LogP contribution in [0.5, 0.6) is 5.75 Å². The highest BCUT2D eigenvalue weighted by molar-refractivity contribution is 5.40. The van der Waals surface area contributed by atoms with Gasteiger partial charge in [-0.05, 0) is 24.6 Å². The largest absolute Gasteiger partial charge is 0.496 e. The number of benzene rings is 1. The zero-order chi connectivity index (χ0) is 13.0. The molecule has 4 heteroatoms. The lowest BCUT2D eigenvalue weighted by molar-refractivity contribution is 0.404. The van der Waals surface area contributed by atoms with E-state index < -0.39 is 0 Å². The summed E-state index contributed by atoms with van der Waals surface area (Å²) in [5, 5.41) is 0. The summed E-state index contributed by atoms with van der Waals surface area (Å²) in [7, 11) is 1.65. The normalized spacial score (nSPS) is 12.2. The van der Waals surface area contributed by atoms with Crippen LogP contribution in [0.15, 0.2) is 42.6 Å². The molecule has 0 bridgehead atoms. The summed E-state index contributed by atoms with van der Waals surface area (Å²) >= 11 is 0. The minimum Gasteiger partial charge on any atom is -0.496 e. The summed E-state index contributed by atoms with van der Waals surface area (Å²) in [6, 6.07) is 11.7. The molecule has 0 aliphatic heterocycles. The van der Waals surface area contributed by atoms with Crippen molar-refractivity contribution in [1.82, 2.24) is 10.4 Å². The van der Waals surface area contributed by atoms with Gasteiger partial charge in [0.25, 0.3) is 0 Å². The van der Waals surface area contributed by atoms with E-state index in [1.807, 2.05) is 49.5 Å². The Morgan fingerprint density at radius 2 is 2.00 bits per heavy atom. The minimum absolute atomic E-state index is 0.130. The number of hydrogen-bond acceptors (Lipinski definition) is 4. The Balaban J connectivity index is 2.41. The van der Waals surface area contributed by atoms with Gasteiger partial charge in [-0.25, -0.2) is 5.43 Å². The lowest BCUT2D eigenvalue weighted by atomic mass is 9.99. The predicted molar refractivity (Wildman–Crippen MR) is 71.1 cm³/mol. The number of hydrogen-bond donors (Lipinski definition) is 2. The van der Waals surface area contributed by atoms with Crippen molar-refractivity contribution in [3.05, 3.63) is 59.4 Å². The molecule has 1 heterocycles. The van der Waals surface area contributed by atoms with E-state index in [-0.39, 0.29) is 6.04 Å². The monoisotopic (exact) mass is 243 g/mol. The summed E-state index contributed by atoms with van der Waals surface area (Å²) in [4.78, 5) is 4.29. The quantitative estimate of drug-likeness (QED) is 0.636. The Kier molecular flexibility index (Phi) is 3.92. The van der Waals surface area contributed by atoms with Gasteiger partial charge in [0.2, 0.25) is 0 Å². The van der Waals surface area contributed by atoms with Crippen molar-refractivity contribution >= 4 is 0 Å². The van der Waals surface area contributed by atoms with Gasteiger partial charge in [0, 0.05) is 17.5 Å². The molecule has 1 atom stereocenters. The van der Waals surface area contributed by atoms with Crippen LogP contribution in [0.4, 0.5) is 0 Å². The van der Waals surface area contributed by atoms with Crippen molar-refractivity contribution in [2.75, 3.05) is 7.11 Å². The van der Waals surface area contributed by atoms with Gasteiger partial charge in [-0.3, -0.25) is 10.8 Å². The van der Waals surface area contributed by atoms with Crippen LogP contribution >= 0.6 is 0 Å². The molecule has 0 amide bonds. The first-order chi connectivity index (χ1) is 8.76. The molecule has 4 nitrogen and oxygen atoms in total. The van der Waals surface area contributed by atoms with Crippen LogP contribution in [0.1, 0.15) is 22.9 Å². The summed E-state index contributed by atoms with van der Waals surface area (Å²) < 4.78 is 5.36. The molecule has 94 valence electrons. The van der Waals surface area contributed by atoms with Crippen molar-refractivity contribution in [2.24, 2.45) is 5.84 Å². The van der Waals surface area contributed by atoms with Gasteiger partial charge >= 0.3 is 0 Å². The molecule has 2 aromatic rings. The van der Waals surface area contributed by atoms with E-state index in [0.29, 0.717) is 0 Å². The van der Waals surface area contributed by atoms with Gasteiger partial charge < -0.3 is 4.74 Å². The van der Waals surface area contributed by atoms with E-state index in [0.717, 1.165) is 22.6 Å². The molecular weight excluding hydrogens is 226 g/mol. The lowest BCUT2D eigenvalue weighted by Gasteiger charge is -2.19. The second-order valence-electron chi connectivity index (χ2n) is 4.07. The van der Waals surface area contributed by atoms with Gasteiger partial charge in [0.15, 0.2) is 0 Å². The second kappa shape index (κ2) is 5.62. The molecule has 0 radical (unpaired) electrons. The van der Waals surface area contributed by atoms with Crippen molar-refractivity contribution in [3.8, 4) is 5.75 Å². The van der Waals surface area contributed by atoms with E-state index in [2.05, 4.69) is 10.4 Å². The maximum absolute atomic E-state index is 5.67. The molecular formula is C14H17N3O. The number of rotatable bonds is 4. The topological polar surface area (TPSA) is 60.2 Å². The first-order valence-corrected chi connectivity index (χ1v) is 5.78. The number of nitrogens with one attached hydrogen (secondary N) is 1. The highest BCUT2D eigenvalue weighted by atomic mass is 16.5. The summed E-state index contributed by atoms with van der Waals surface area (Å²) in [5.41, 5.74) is 5.79. The van der Waals surface area contributed by atoms with Gasteiger partial charge in [0.05, 0.1) is 13.2 Å². The van der Waals surface area contributed by atoms with Crippen molar-refractivity contribution in [1.29, 1.82) is 0 Å². The van der Waals surface area contributed by atoms with Crippen LogP contribution < -0.4 is 16.0 Å². The average molecular weight is 243 g/mol. The maximum Gasteiger partial charge on any atom is 0.124 e. The van der Waals surface area contributed by atoms with Crippen LogP contribution in [-0.2, 0) is 0 Å². The van der Waals surface area contributed by atoms with E-state index >= 15 is 0 Å². The molecule has 1 unspecified atom stereocenters. The van der Waals surface area contributed by atoms with Crippen LogP contribution in [0.2, 0.25) is 0 Å². The molecule has 2 rings (SSSR count). The molecule has 0 saturated carbocycles. The first kappa shape index (κ1) is 12.5. The summed E-state index contributed by atoms with van der Waals surface area (Å²) in [5.74, 6) is 6.47. The Labute approximate surface area is 107 Å². The molecule has 18 heavy (non-hydrogen) atoms. The van der Waals surface area contributed by atoms with E-state index in [1.54, 1.807) is 7.11 Å². The number of nitrogens with zero attached hydrogens (tertiary/aromatic N) is 1. The molecule has 3 N–H and O–H groups in total. The molecule has 0 aliphatic rings. The van der Waals surface area contributed by atoms with E-state index in [9.17, 15) is 0 Å². The Bertz CT molecular complexity index is 511. The number of hydrazine groups is 1. The van der Waals surface area contributed by atoms with E-state index in [1.165, 1.54) is 0 Å². The fourth-order valence-corrected chi connectivity index (χ4v) is 1.92. The van der Waals surface area contributed by atoms with Gasteiger partial charge in [0.1, 0.15) is 5.75 Å². The molecule has 1 aromatic carbocycles.